The van der Waals surface area contributed by atoms with Gasteiger partial charge in [-0.2, -0.15) is 0 Å². The van der Waals surface area contributed by atoms with Gasteiger partial charge in [0.1, 0.15) is 93.7 Å². The van der Waals surface area contributed by atoms with Gasteiger partial charge in [0, 0.05) is 71.6 Å². The van der Waals surface area contributed by atoms with Gasteiger partial charge >= 0.3 is 11.9 Å². The van der Waals surface area contributed by atoms with Crippen molar-refractivity contribution in [3.8, 4) is 49.2 Å². The lowest BCUT2D eigenvalue weighted by atomic mass is 10.0. The maximum atomic E-state index is 14.4. The Balaban J connectivity index is 1.06. The summed E-state index contributed by atoms with van der Waals surface area (Å²) in [4.78, 5) is 145. The fourth-order valence-corrected chi connectivity index (χ4v) is 14.9. The van der Waals surface area contributed by atoms with Gasteiger partial charge < -0.3 is 46.6 Å². The molecule has 9 aromatic rings. The molecule has 32 heteroatoms. The summed E-state index contributed by atoms with van der Waals surface area (Å²) < 4.78 is 7.02. The fraction of sp³-hybridized carbons (Fsp3) is 0.310. The second-order valence-electron chi connectivity index (χ2n) is 20.6. The summed E-state index contributed by atoms with van der Waals surface area (Å²) in [5, 5.41) is 53.6. The van der Waals surface area contributed by atoms with Crippen LogP contribution in [0.1, 0.15) is 148 Å². The summed E-state index contributed by atoms with van der Waals surface area (Å²) in [6.45, 7) is 4.88. The summed E-state index contributed by atoms with van der Waals surface area (Å²) in [7, 11) is 2.92. The Kier molecular flexibility index (Phi) is 20.3. The summed E-state index contributed by atoms with van der Waals surface area (Å²) >= 11 is 7.03. The van der Waals surface area contributed by atoms with Crippen molar-refractivity contribution in [1.29, 1.82) is 0 Å². The molecule has 0 saturated heterocycles. The first-order valence-corrected chi connectivity index (χ1v) is 32.9. The predicted octanol–water partition coefficient (Wildman–Crippen LogP) is 7.95. The lowest BCUT2D eigenvalue weighted by molar-refractivity contribution is -0.138. The molecule has 1 unspecified atom stereocenters. The number of ketones is 1. The zero-order valence-electron chi connectivity index (χ0n) is 48.5. The Morgan fingerprint density at radius 3 is 2.14 bits per heavy atom. The molecule has 0 aliphatic carbocycles. The smallest absolute Gasteiger partial charge is 0.303 e. The van der Waals surface area contributed by atoms with Gasteiger partial charge in [-0.1, -0.05) is 44.2 Å². The van der Waals surface area contributed by atoms with Crippen LogP contribution in [0.25, 0.3) is 49.2 Å². The normalized spacial score (nSPS) is 16.0. The van der Waals surface area contributed by atoms with E-state index in [0.717, 1.165) is 45.3 Å². The average Bonchev–Trinajstić information content (AvgIpc) is 2.05. The number of aliphatic carboxylic acids is 2. The number of ether oxygens (including phenoxy) is 1. The highest BCUT2D eigenvalue weighted by Crippen LogP contribution is 2.40. The van der Waals surface area contributed by atoms with Crippen molar-refractivity contribution in [1.82, 2.24) is 71.0 Å². The number of hydrogen-bond donors (Lipinski definition) is 8. The van der Waals surface area contributed by atoms with Crippen molar-refractivity contribution in [2.24, 2.45) is 5.92 Å². The maximum absolute atomic E-state index is 14.4. The molecule has 1 aliphatic heterocycles. The second-order valence-corrected chi connectivity index (χ2v) is 26.4. The van der Waals surface area contributed by atoms with E-state index < -0.39 is 84.5 Å². The van der Waals surface area contributed by atoms with Gasteiger partial charge in [-0.15, -0.1) is 68.0 Å². The number of fused-ring (bicyclic) bond motifs is 14. The van der Waals surface area contributed by atoms with Crippen molar-refractivity contribution in [3.05, 3.63) is 129 Å². The third kappa shape index (κ3) is 14.8. The molecule has 0 saturated carbocycles. The number of carboxylic acids is 2. The van der Waals surface area contributed by atoms with Gasteiger partial charge in [0.25, 0.3) is 17.7 Å². The van der Waals surface area contributed by atoms with Crippen LogP contribution >= 0.6 is 68.0 Å². The van der Waals surface area contributed by atoms with Crippen molar-refractivity contribution >= 4 is 115 Å². The number of thiazole rings is 6. The number of amides is 5. The van der Waals surface area contributed by atoms with E-state index in [9.17, 15) is 53.7 Å². The Bertz CT molecular complexity index is 4180. The zero-order valence-corrected chi connectivity index (χ0v) is 53.4. The Labute approximate surface area is 536 Å². The van der Waals surface area contributed by atoms with Crippen LogP contribution < -0.4 is 26.6 Å². The highest BCUT2D eigenvalue weighted by molar-refractivity contribution is 7.15. The molecule has 0 radical (unpaired) electrons. The lowest BCUT2D eigenvalue weighted by Gasteiger charge is -2.23. The van der Waals surface area contributed by atoms with Crippen LogP contribution in [0.4, 0.5) is 0 Å². The van der Waals surface area contributed by atoms with Crippen LogP contribution in [0.2, 0.25) is 0 Å². The highest BCUT2D eigenvalue weighted by atomic mass is 32.1. The Morgan fingerprint density at radius 2 is 1.40 bits per heavy atom. The number of imidazole rings is 1. The standard InChI is InChI=1S/C58H56N14O12S6/c1-26(2)44-58-71-47(37(90-58)21-84-5)51(82)60-19-41(75)68-48(49(80)28-10-7-6-8-11-28)57-66-35(24-87-57)55-64-33(22-86-55)46-29(53-65-34(23-85-53)50(81)63-31(18-40(74)59-4)56-70-45(27(3)89-56)52(83)69-44)14-15-30(62-46)54-67-39(25-88-54)72-20-32(36(73)16-17-43(78)79)61-38(72)12-9-13-42(76)77/h6-8,10-11,14-15,20,22-26,31,44,48-49,80H,9,12-13,16-19,21H2,1-5H3,(H,59,74)(H,60,82)(H,63,81)(H,68,75)(H,69,83)(H,76,77)(H,78,79)/t31-,44?,48-,49-/m0/s1. The van der Waals surface area contributed by atoms with E-state index >= 15 is 0 Å². The number of nitrogens with zero attached hydrogens (tertiary/aromatic N) is 9. The number of Topliss-reactive ketones (excluding diaryl/α,β-unsaturated/α-hetero) is 1. The fourth-order valence-electron chi connectivity index (χ4n) is 9.36. The van der Waals surface area contributed by atoms with Crippen LogP contribution in [0.3, 0.4) is 0 Å². The molecule has 4 atom stereocenters. The molecule has 5 amide bonds. The van der Waals surface area contributed by atoms with Crippen LogP contribution in [-0.4, -0.2) is 128 Å². The van der Waals surface area contributed by atoms with Crippen LogP contribution in [0, 0.1) is 12.8 Å². The minimum Gasteiger partial charge on any atom is -0.481 e. The first-order chi connectivity index (χ1) is 43.2. The SMILES string of the molecule is CNC(=O)C[C@@H]1NC(=O)c2csc(n2)-c2ccc(-c3nc(-n4cc(C(=O)CCC(=O)O)nc4CCCC(=O)O)cs3)nc2-c2csc(n2)-c2csc(n2)[C@H]([C@@H](O)c2ccccc2)NC(=O)CNC(=O)c2nc(sc2COC)C(C(C)C)NC(=O)c2nc1sc2C. The number of carboxylic acid groups (broad SMARTS) is 2. The van der Waals surface area contributed by atoms with Crippen molar-refractivity contribution in [3.63, 3.8) is 0 Å². The summed E-state index contributed by atoms with van der Waals surface area (Å²) in [5.74, 6) is -5.27. The molecule has 8 aromatic heterocycles. The molecule has 0 fully saturated rings. The van der Waals surface area contributed by atoms with Gasteiger partial charge in [0.15, 0.2) is 5.78 Å². The van der Waals surface area contributed by atoms with E-state index in [1.807, 2.05) is 13.8 Å². The number of hydrogen-bond acceptors (Lipinski definition) is 24. The molecule has 1 aromatic carbocycles. The monoisotopic (exact) mass is 1330 g/mol. The van der Waals surface area contributed by atoms with E-state index in [2.05, 4.69) is 36.6 Å². The number of carbonyl (C=O) groups excluding carboxylic acids is 6. The van der Waals surface area contributed by atoms with Gasteiger partial charge in [0.2, 0.25) is 11.8 Å². The van der Waals surface area contributed by atoms with Crippen molar-refractivity contribution < 1.29 is 58.4 Å². The maximum Gasteiger partial charge on any atom is 0.303 e. The third-order valence-corrected chi connectivity index (χ3v) is 19.6. The minimum absolute atomic E-state index is 0.000722. The topological polar surface area (TPSA) is 375 Å². The molecule has 10 rings (SSSR count). The summed E-state index contributed by atoms with van der Waals surface area (Å²) in [6.07, 6.45) is -0.624. The number of benzene rings is 1. The third-order valence-electron chi connectivity index (χ3n) is 13.9. The molecule has 90 heavy (non-hydrogen) atoms. The Hall–Kier alpha value is -8.76. The number of aliphatic hydroxyl groups is 1. The van der Waals surface area contributed by atoms with Crippen LogP contribution in [0.5, 0.6) is 0 Å². The van der Waals surface area contributed by atoms with E-state index in [4.69, 9.17) is 34.6 Å². The summed E-state index contributed by atoms with van der Waals surface area (Å²) in [5.41, 5.74) is 2.38. The lowest BCUT2D eigenvalue weighted by Crippen LogP contribution is -2.40. The number of aromatic nitrogens is 9. The van der Waals surface area contributed by atoms with E-state index in [-0.39, 0.29) is 72.4 Å². The highest BCUT2D eigenvalue weighted by Gasteiger charge is 2.33. The van der Waals surface area contributed by atoms with Gasteiger partial charge in [-0.25, -0.2) is 39.9 Å². The molecule has 466 valence electrons. The van der Waals surface area contributed by atoms with E-state index in [0.29, 0.717) is 80.3 Å². The number of aryl methyl sites for hydroxylation is 2. The molecular formula is C58H56N14O12S6. The largest absolute Gasteiger partial charge is 0.481 e. The molecular weight excluding hydrogens is 1280 g/mol. The number of carbonyl (C=O) groups is 8. The molecule has 0 spiro atoms. The first-order valence-electron chi connectivity index (χ1n) is 27.7. The molecule has 9 heterocycles. The van der Waals surface area contributed by atoms with Gasteiger partial charge in [-0.3, -0.25) is 42.9 Å². The number of nitrogens with one attached hydrogen (secondary N) is 5. The zero-order chi connectivity index (χ0) is 63.9. The van der Waals surface area contributed by atoms with Crippen molar-refractivity contribution in [2.45, 2.75) is 90.1 Å². The van der Waals surface area contributed by atoms with E-state index in [1.165, 1.54) is 43.0 Å². The van der Waals surface area contributed by atoms with Gasteiger partial charge in [-0.05, 0) is 37.0 Å². The molecule has 26 nitrogen and oxygen atoms in total. The summed E-state index contributed by atoms with van der Waals surface area (Å²) in [6, 6.07) is 9.27. The van der Waals surface area contributed by atoms with E-state index in [1.54, 1.807) is 75.5 Å². The number of pyridine rings is 1. The first kappa shape index (κ1) is 64.2. The Morgan fingerprint density at radius 1 is 0.689 bits per heavy atom. The average molecular weight is 1330 g/mol. The van der Waals surface area contributed by atoms with Gasteiger partial charge in [0.05, 0.1) is 48.6 Å². The van der Waals surface area contributed by atoms with Crippen molar-refractivity contribution in [2.75, 3.05) is 20.7 Å². The second kappa shape index (κ2) is 28.4. The molecule has 8 N–H and O–H groups in total. The minimum atomic E-state index is -1.31. The van der Waals surface area contributed by atoms with Crippen LogP contribution in [-0.2, 0) is 36.9 Å². The number of methoxy groups -OCH3 is 1. The molecule has 10 bridgehead atoms. The predicted molar refractivity (Wildman–Crippen MR) is 336 cm³/mol. The number of rotatable bonds is 17. The molecule has 1 aliphatic rings. The van der Waals surface area contributed by atoms with Crippen LogP contribution in [0.15, 0.2) is 70.2 Å². The number of aliphatic hydroxyl groups excluding tert-OH is 1. The quantitative estimate of drug-likeness (QED) is 0.0401.